The average molecular weight is 197 g/mol. The number of guanidine groups is 1. The summed E-state index contributed by atoms with van der Waals surface area (Å²) in [6, 6.07) is 8.59. The molecule has 7 N–H and O–H groups in total. The Balaban J connectivity index is 0.000000364. The summed E-state index contributed by atoms with van der Waals surface area (Å²) in [4.78, 5) is 0. The Bertz CT molecular complexity index is 264. The van der Waals surface area contributed by atoms with Crippen LogP contribution in [0.3, 0.4) is 0 Å². The number of nitrogens with two attached hydrogens (primary N) is 2. The molecule has 0 aliphatic rings. The normalized spacial score (nSPS) is 8.14. The first-order chi connectivity index (χ1) is 6.52. The lowest BCUT2D eigenvalue weighted by atomic mass is 10.2. The van der Waals surface area contributed by atoms with E-state index in [1.54, 1.807) is 24.3 Å². The second-order valence-electron chi connectivity index (χ2n) is 2.21. The molecule has 0 aliphatic heterocycles. The van der Waals surface area contributed by atoms with Crippen molar-refractivity contribution < 1.29 is 14.7 Å². The highest BCUT2D eigenvalue weighted by atomic mass is 16.6. The van der Waals surface area contributed by atoms with Gasteiger partial charge < -0.3 is 26.2 Å². The second kappa shape index (κ2) is 6.75. The minimum atomic E-state index is -1.73. The predicted molar refractivity (Wildman–Crippen MR) is 53.4 cm³/mol. The zero-order valence-electron chi connectivity index (χ0n) is 7.42. The molecule has 0 fully saturated rings. The molecule has 1 aromatic carbocycles. The van der Waals surface area contributed by atoms with Gasteiger partial charge in [0.25, 0.3) is 0 Å². The molecular formula is C7H12BN3O3. The van der Waals surface area contributed by atoms with Crippen LogP contribution in [-0.4, -0.2) is 23.3 Å². The van der Waals surface area contributed by atoms with Crippen molar-refractivity contribution >= 4 is 13.3 Å². The van der Waals surface area contributed by atoms with Crippen molar-refractivity contribution in [2.75, 3.05) is 0 Å². The summed E-state index contributed by atoms with van der Waals surface area (Å²) in [5.41, 5.74) is 8.94. The lowest BCUT2D eigenvalue weighted by Gasteiger charge is -2.01. The lowest BCUT2D eigenvalue weighted by Crippen LogP contribution is -2.20. The Labute approximate surface area is 81.8 Å². The van der Waals surface area contributed by atoms with Crippen LogP contribution in [0.5, 0.6) is 5.75 Å². The van der Waals surface area contributed by atoms with Gasteiger partial charge in [-0.3, -0.25) is 5.41 Å². The molecule has 1 aromatic rings. The van der Waals surface area contributed by atoms with E-state index in [1.807, 2.05) is 6.07 Å². The molecule has 0 aliphatic carbocycles. The third-order valence-electron chi connectivity index (χ3n) is 0.985. The highest BCUT2D eigenvalue weighted by molar-refractivity contribution is 6.33. The fourth-order valence-electron chi connectivity index (χ4n) is 0.621. The second-order valence-corrected chi connectivity index (χ2v) is 2.21. The maximum absolute atomic E-state index is 8.34. The summed E-state index contributed by atoms with van der Waals surface area (Å²) < 4.78 is 4.53. The number of benzene rings is 1. The van der Waals surface area contributed by atoms with Gasteiger partial charge in [0.15, 0.2) is 5.96 Å². The van der Waals surface area contributed by atoms with E-state index in [0.717, 1.165) is 0 Å². The standard InChI is InChI=1S/C6H7BO3.CH5N3/c8-7(9)10-6-4-2-1-3-5-6;2-1(3)4/h1-5,8-9H;(H5,2,3,4). The molecule has 6 nitrogen and oxygen atoms in total. The van der Waals surface area contributed by atoms with Crippen LogP contribution in [0.25, 0.3) is 0 Å². The summed E-state index contributed by atoms with van der Waals surface area (Å²) in [5, 5.41) is 22.7. The summed E-state index contributed by atoms with van der Waals surface area (Å²) in [6.07, 6.45) is 0. The average Bonchev–Trinajstić information content (AvgIpc) is 2.03. The molecule has 0 radical (unpaired) electrons. The van der Waals surface area contributed by atoms with E-state index >= 15 is 0 Å². The largest absolute Gasteiger partial charge is 0.707 e. The maximum Gasteiger partial charge on any atom is 0.707 e. The molecule has 0 amide bonds. The summed E-state index contributed by atoms with van der Waals surface area (Å²) in [7, 11) is -1.73. The topological polar surface area (TPSA) is 126 Å². The fraction of sp³-hybridized carbons (Fsp3) is 0. The number of para-hydroxylation sites is 1. The van der Waals surface area contributed by atoms with Crippen molar-refractivity contribution in [2.45, 2.75) is 0 Å². The molecule has 14 heavy (non-hydrogen) atoms. The van der Waals surface area contributed by atoms with Gasteiger partial charge in [-0.1, -0.05) is 18.2 Å². The first kappa shape index (κ1) is 12.3. The van der Waals surface area contributed by atoms with Crippen molar-refractivity contribution in [1.29, 1.82) is 5.41 Å². The van der Waals surface area contributed by atoms with Crippen molar-refractivity contribution in [2.24, 2.45) is 11.5 Å². The minimum Gasteiger partial charge on any atom is -0.512 e. The van der Waals surface area contributed by atoms with Gasteiger partial charge in [-0.05, 0) is 12.1 Å². The molecule has 0 saturated carbocycles. The Morgan fingerprint density at radius 2 is 1.64 bits per heavy atom. The summed E-state index contributed by atoms with van der Waals surface area (Å²) >= 11 is 0. The van der Waals surface area contributed by atoms with Crippen molar-refractivity contribution in [3.8, 4) is 5.75 Å². The predicted octanol–water partition coefficient (Wildman–Crippen LogP) is -1.13. The fourth-order valence-corrected chi connectivity index (χ4v) is 0.621. The van der Waals surface area contributed by atoms with Gasteiger partial charge in [0.05, 0.1) is 0 Å². The molecular weight excluding hydrogens is 185 g/mol. The van der Waals surface area contributed by atoms with Gasteiger partial charge in [-0.2, -0.15) is 0 Å². The van der Waals surface area contributed by atoms with Crippen LogP contribution in [0.15, 0.2) is 30.3 Å². The van der Waals surface area contributed by atoms with E-state index in [9.17, 15) is 0 Å². The molecule has 0 heterocycles. The van der Waals surface area contributed by atoms with Gasteiger partial charge in [0.1, 0.15) is 5.75 Å². The zero-order valence-corrected chi connectivity index (χ0v) is 7.42. The number of hydrogen-bond donors (Lipinski definition) is 5. The minimum absolute atomic E-state index is 0.333. The Hall–Kier alpha value is -1.73. The molecule has 0 atom stereocenters. The van der Waals surface area contributed by atoms with Gasteiger partial charge in [-0.15, -0.1) is 0 Å². The van der Waals surface area contributed by atoms with Crippen LogP contribution in [0.4, 0.5) is 0 Å². The van der Waals surface area contributed by atoms with Crippen LogP contribution < -0.4 is 16.1 Å². The molecule has 76 valence electrons. The van der Waals surface area contributed by atoms with Crippen LogP contribution in [-0.2, 0) is 0 Å². The smallest absolute Gasteiger partial charge is 0.512 e. The van der Waals surface area contributed by atoms with Gasteiger partial charge in [0.2, 0.25) is 0 Å². The quantitative estimate of drug-likeness (QED) is 0.233. The van der Waals surface area contributed by atoms with Crippen molar-refractivity contribution in [3.63, 3.8) is 0 Å². The van der Waals surface area contributed by atoms with Crippen LogP contribution in [0.2, 0.25) is 0 Å². The zero-order chi connectivity index (χ0) is 11.0. The Morgan fingerprint density at radius 3 is 2.00 bits per heavy atom. The monoisotopic (exact) mass is 197 g/mol. The summed E-state index contributed by atoms with van der Waals surface area (Å²) in [6.45, 7) is 0. The van der Waals surface area contributed by atoms with Crippen LogP contribution in [0, 0.1) is 5.41 Å². The van der Waals surface area contributed by atoms with Gasteiger partial charge in [0, 0.05) is 0 Å². The maximum atomic E-state index is 8.34. The number of hydrogen-bond acceptors (Lipinski definition) is 4. The SMILES string of the molecule is N=C(N)N.OB(O)Oc1ccccc1. The molecule has 0 saturated heterocycles. The molecule has 0 aromatic heterocycles. The first-order valence-corrected chi connectivity index (χ1v) is 3.69. The van der Waals surface area contributed by atoms with E-state index in [1.165, 1.54) is 0 Å². The first-order valence-electron chi connectivity index (χ1n) is 3.69. The van der Waals surface area contributed by atoms with E-state index in [0.29, 0.717) is 5.75 Å². The van der Waals surface area contributed by atoms with Crippen LogP contribution >= 0.6 is 0 Å². The Morgan fingerprint density at radius 1 is 1.21 bits per heavy atom. The van der Waals surface area contributed by atoms with Gasteiger partial charge in [-0.25, -0.2) is 0 Å². The number of rotatable bonds is 2. The van der Waals surface area contributed by atoms with E-state index in [2.05, 4.69) is 16.1 Å². The molecule has 0 unspecified atom stereocenters. The Kier molecular flexibility index (Phi) is 5.92. The third kappa shape index (κ3) is 8.37. The molecule has 0 bridgehead atoms. The lowest BCUT2D eigenvalue weighted by molar-refractivity contribution is 0.288. The number of nitrogens with one attached hydrogen (secondary N) is 1. The molecule has 0 spiro atoms. The summed E-state index contributed by atoms with van der Waals surface area (Å²) in [5.74, 6) is 0.109. The van der Waals surface area contributed by atoms with Crippen molar-refractivity contribution in [3.05, 3.63) is 30.3 Å². The van der Waals surface area contributed by atoms with Gasteiger partial charge >= 0.3 is 7.32 Å². The highest BCUT2D eigenvalue weighted by Gasteiger charge is 2.09. The van der Waals surface area contributed by atoms with E-state index in [4.69, 9.17) is 15.5 Å². The van der Waals surface area contributed by atoms with Crippen molar-refractivity contribution in [1.82, 2.24) is 0 Å². The molecule has 1 rings (SSSR count). The third-order valence-corrected chi connectivity index (χ3v) is 0.985. The van der Waals surface area contributed by atoms with Crippen LogP contribution in [0.1, 0.15) is 0 Å². The highest BCUT2D eigenvalue weighted by Crippen LogP contribution is 2.07. The van der Waals surface area contributed by atoms with E-state index in [-0.39, 0.29) is 5.96 Å². The molecule has 7 heteroatoms. The van der Waals surface area contributed by atoms with E-state index < -0.39 is 7.32 Å².